The van der Waals surface area contributed by atoms with E-state index in [1.165, 1.54) is 13.3 Å². The van der Waals surface area contributed by atoms with Crippen molar-refractivity contribution in [1.29, 1.82) is 0 Å². The molecular weight excluding hydrogens is 254 g/mol. The molecule has 0 bridgehead atoms. The molecule has 1 saturated heterocycles. The molecule has 2 unspecified atom stereocenters. The van der Waals surface area contributed by atoms with E-state index in [1.54, 1.807) is 0 Å². The number of nitrogens with zero attached hydrogens (tertiary/aromatic N) is 2. The number of amides is 1. The molecule has 1 amide bonds. The van der Waals surface area contributed by atoms with E-state index in [1.807, 2.05) is 20.9 Å². The highest BCUT2D eigenvalue weighted by Gasteiger charge is 2.23. The van der Waals surface area contributed by atoms with Crippen molar-refractivity contribution in [3.05, 3.63) is 0 Å². The molecule has 20 heavy (non-hydrogen) atoms. The molecule has 5 nitrogen and oxygen atoms in total. The molecule has 0 aromatic rings. The van der Waals surface area contributed by atoms with Crippen LogP contribution in [0.3, 0.4) is 0 Å². The molecule has 0 aliphatic carbocycles. The molecule has 116 valence electrons. The predicted octanol–water partition coefficient (Wildman–Crippen LogP) is 0.600. The molecule has 0 spiro atoms. The standard InChI is InChI=1S/C15H29N3O2/c1-11(2)15(12(3)19)16-14(20)10-18(5)9-13-6-7-17(4)8-13/h11,13,15H,6-10H2,1-5H3,(H,16,20). The molecule has 2 atom stereocenters. The largest absolute Gasteiger partial charge is 0.345 e. The van der Waals surface area contributed by atoms with Crippen molar-refractivity contribution in [3.8, 4) is 0 Å². The first-order valence-corrected chi connectivity index (χ1v) is 7.46. The number of likely N-dealkylation sites (N-methyl/N-ethyl adjacent to an activating group) is 1. The zero-order chi connectivity index (χ0) is 15.3. The van der Waals surface area contributed by atoms with E-state index in [2.05, 4.69) is 22.2 Å². The second kappa shape index (κ2) is 7.74. The minimum atomic E-state index is -0.367. The van der Waals surface area contributed by atoms with Gasteiger partial charge in [-0.05, 0) is 45.8 Å². The molecule has 0 radical (unpaired) electrons. The number of Topliss-reactive ketones (excluding diaryl/α,β-unsaturated/α-hetero) is 1. The molecule has 0 aromatic heterocycles. The predicted molar refractivity (Wildman–Crippen MR) is 80.6 cm³/mol. The van der Waals surface area contributed by atoms with Crippen LogP contribution >= 0.6 is 0 Å². The second-order valence-corrected chi connectivity index (χ2v) is 6.51. The zero-order valence-corrected chi connectivity index (χ0v) is 13.5. The zero-order valence-electron chi connectivity index (χ0n) is 13.5. The fraction of sp³-hybridized carbons (Fsp3) is 0.867. The molecule has 0 saturated carbocycles. The molecule has 5 heteroatoms. The first-order chi connectivity index (χ1) is 9.29. The summed E-state index contributed by atoms with van der Waals surface area (Å²) in [7, 11) is 4.10. The number of carbonyl (C=O) groups is 2. The van der Waals surface area contributed by atoms with E-state index in [4.69, 9.17) is 0 Å². The van der Waals surface area contributed by atoms with Gasteiger partial charge in [-0.15, -0.1) is 0 Å². The van der Waals surface area contributed by atoms with Crippen molar-refractivity contribution in [1.82, 2.24) is 15.1 Å². The van der Waals surface area contributed by atoms with Gasteiger partial charge in [-0.25, -0.2) is 0 Å². The van der Waals surface area contributed by atoms with Crippen LogP contribution < -0.4 is 5.32 Å². The van der Waals surface area contributed by atoms with Gasteiger partial charge in [-0.2, -0.15) is 0 Å². The van der Waals surface area contributed by atoms with Crippen molar-refractivity contribution in [3.63, 3.8) is 0 Å². The monoisotopic (exact) mass is 283 g/mol. The molecule has 1 heterocycles. The minimum absolute atomic E-state index is 0.0217. The van der Waals surface area contributed by atoms with Crippen LogP contribution in [0.1, 0.15) is 27.2 Å². The van der Waals surface area contributed by atoms with Crippen LogP contribution in [0.25, 0.3) is 0 Å². The molecular formula is C15H29N3O2. The van der Waals surface area contributed by atoms with Crippen LogP contribution in [0.15, 0.2) is 0 Å². The topological polar surface area (TPSA) is 52.7 Å². The summed E-state index contributed by atoms with van der Waals surface area (Å²) in [5.74, 6) is 0.734. The molecule has 1 fully saturated rings. The molecule has 1 N–H and O–H groups in total. The van der Waals surface area contributed by atoms with Gasteiger partial charge in [-0.1, -0.05) is 13.8 Å². The van der Waals surface area contributed by atoms with Crippen LogP contribution in [0.5, 0.6) is 0 Å². The molecule has 1 aliphatic heterocycles. The number of hydrogen-bond acceptors (Lipinski definition) is 4. The number of rotatable bonds is 7. The summed E-state index contributed by atoms with van der Waals surface area (Å²) in [4.78, 5) is 27.9. The van der Waals surface area contributed by atoms with Gasteiger partial charge in [0.2, 0.25) is 5.91 Å². The summed E-state index contributed by atoms with van der Waals surface area (Å²) in [6.07, 6.45) is 1.20. The third kappa shape index (κ3) is 5.59. The third-order valence-electron chi connectivity index (χ3n) is 3.89. The van der Waals surface area contributed by atoms with Crippen molar-refractivity contribution in [2.24, 2.45) is 11.8 Å². The first kappa shape index (κ1) is 17.1. The summed E-state index contributed by atoms with van der Waals surface area (Å²) >= 11 is 0. The smallest absolute Gasteiger partial charge is 0.234 e. The minimum Gasteiger partial charge on any atom is -0.345 e. The Hall–Kier alpha value is -0.940. The van der Waals surface area contributed by atoms with Gasteiger partial charge in [0.05, 0.1) is 12.6 Å². The van der Waals surface area contributed by atoms with Crippen molar-refractivity contribution in [2.75, 3.05) is 40.3 Å². The van der Waals surface area contributed by atoms with Gasteiger partial charge in [0.25, 0.3) is 0 Å². The normalized spacial score (nSPS) is 21.4. The van der Waals surface area contributed by atoms with Gasteiger partial charge in [0.15, 0.2) is 5.78 Å². The Morgan fingerprint density at radius 2 is 2.05 bits per heavy atom. The van der Waals surface area contributed by atoms with E-state index in [9.17, 15) is 9.59 Å². The summed E-state index contributed by atoms with van der Waals surface area (Å²) < 4.78 is 0. The number of nitrogens with one attached hydrogen (secondary N) is 1. The van der Waals surface area contributed by atoms with Gasteiger partial charge in [-0.3, -0.25) is 14.5 Å². The lowest BCUT2D eigenvalue weighted by Gasteiger charge is -2.23. The molecule has 0 aromatic carbocycles. The highest BCUT2D eigenvalue weighted by Crippen LogP contribution is 2.14. The number of hydrogen-bond donors (Lipinski definition) is 1. The van der Waals surface area contributed by atoms with Crippen LogP contribution in [0.4, 0.5) is 0 Å². The van der Waals surface area contributed by atoms with E-state index in [0.29, 0.717) is 12.5 Å². The van der Waals surface area contributed by atoms with Gasteiger partial charge in [0.1, 0.15) is 0 Å². The highest BCUT2D eigenvalue weighted by atomic mass is 16.2. The average Bonchev–Trinajstić information content (AvgIpc) is 2.70. The molecule has 1 aliphatic rings. The van der Waals surface area contributed by atoms with Crippen molar-refractivity contribution < 1.29 is 9.59 Å². The lowest BCUT2D eigenvalue weighted by molar-refractivity contribution is -0.128. The Morgan fingerprint density at radius 1 is 1.40 bits per heavy atom. The highest BCUT2D eigenvalue weighted by molar-refractivity contribution is 5.88. The van der Waals surface area contributed by atoms with Crippen molar-refractivity contribution in [2.45, 2.75) is 33.2 Å². The van der Waals surface area contributed by atoms with E-state index in [0.717, 1.165) is 19.6 Å². The van der Waals surface area contributed by atoms with E-state index < -0.39 is 0 Å². The summed E-state index contributed by atoms with van der Waals surface area (Å²) in [6, 6.07) is -0.367. The molecule has 1 rings (SSSR count). The van der Waals surface area contributed by atoms with E-state index >= 15 is 0 Å². The Morgan fingerprint density at radius 3 is 2.50 bits per heavy atom. The Kier molecular flexibility index (Phi) is 6.62. The summed E-state index contributed by atoms with van der Waals surface area (Å²) in [5, 5.41) is 2.84. The van der Waals surface area contributed by atoms with Crippen LogP contribution in [0, 0.1) is 11.8 Å². The fourth-order valence-electron chi connectivity index (χ4n) is 2.88. The van der Waals surface area contributed by atoms with Crippen molar-refractivity contribution >= 4 is 11.7 Å². The maximum atomic E-state index is 12.0. The quantitative estimate of drug-likeness (QED) is 0.743. The lowest BCUT2D eigenvalue weighted by atomic mass is 10.0. The Balaban J connectivity index is 2.35. The SMILES string of the molecule is CC(=O)C(NC(=O)CN(C)CC1CCN(C)C1)C(C)C. The number of likely N-dealkylation sites (tertiary alicyclic amines) is 1. The van der Waals surface area contributed by atoms with Crippen LogP contribution in [-0.4, -0.2) is 67.8 Å². The number of carbonyl (C=O) groups excluding carboxylic acids is 2. The average molecular weight is 283 g/mol. The summed E-state index contributed by atoms with van der Waals surface area (Å²) in [5.41, 5.74) is 0. The number of ketones is 1. The maximum Gasteiger partial charge on any atom is 0.234 e. The van der Waals surface area contributed by atoms with Crippen LogP contribution in [-0.2, 0) is 9.59 Å². The maximum absolute atomic E-state index is 12.0. The Bertz CT molecular complexity index is 344. The third-order valence-corrected chi connectivity index (χ3v) is 3.89. The second-order valence-electron chi connectivity index (χ2n) is 6.51. The van der Waals surface area contributed by atoms with Crippen LogP contribution in [0.2, 0.25) is 0 Å². The van der Waals surface area contributed by atoms with E-state index in [-0.39, 0.29) is 23.7 Å². The van der Waals surface area contributed by atoms with Gasteiger partial charge >= 0.3 is 0 Å². The van der Waals surface area contributed by atoms with Gasteiger partial charge in [0, 0.05) is 13.1 Å². The summed E-state index contributed by atoms with van der Waals surface area (Å²) in [6.45, 7) is 8.97. The fourth-order valence-corrected chi connectivity index (χ4v) is 2.88. The first-order valence-electron chi connectivity index (χ1n) is 7.46. The lowest BCUT2D eigenvalue weighted by Crippen LogP contribution is -2.47. The van der Waals surface area contributed by atoms with Gasteiger partial charge < -0.3 is 10.2 Å². The Labute approximate surface area is 122 Å².